The zero-order valence-corrected chi connectivity index (χ0v) is 15.2. The number of aromatic amines is 1. The summed E-state index contributed by atoms with van der Waals surface area (Å²) in [5, 5.41) is 2.85. The minimum Gasteiger partial charge on any atom is -0.491 e. The van der Waals surface area contributed by atoms with Gasteiger partial charge in [-0.15, -0.1) is 0 Å². The number of methoxy groups -OCH3 is 1. The van der Waals surface area contributed by atoms with Crippen LogP contribution in [0.2, 0.25) is 0 Å². The van der Waals surface area contributed by atoms with E-state index in [1.807, 2.05) is 38.1 Å². The van der Waals surface area contributed by atoms with Gasteiger partial charge in [0, 0.05) is 12.2 Å². The van der Waals surface area contributed by atoms with Gasteiger partial charge in [-0.05, 0) is 51.0 Å². The van der Waals surface area contributed by atoms with Crippen LogP contribution in [0.15, 0.2) is 24.3 Å². The van der Waals surface area contributed by atoms with Crippen LogP contribution in [0.4, 0.5) is 0 Å². The summed E-state index contributed by atoms with van der Waals surface area (Å²) in [6.45, 7) is 7.78. The van der Waals surface area contributed by atoms with Crippen LogP contribution in [-0.4, -0.2) is 30.1 Å². The van der Waals surface area contributed by atoms with Gasteiger partial charge in [0.15, 0.2) is 0 Å². The van der Waals surface area contributed by atoms with E-state index in [1.165, 1.54) is 7.11 Å². The summed E-state index contributed by atoms with van der Waals surface area (Å²) in [6, 6.07) is 7.57. The molecule has 0 saturated heterocycles. The monoisotopic (exact) mass is 344 g/mol. The van der Waals surface area contributed by atoms with E-state index in [-0.39, 0.29) is 12.0 Å². The number of aryl methyl sites for hydroxylation is 1. The largest absolute Gasteiger partial charge is 0.491 e. The Bertz CT molecular complexity index is 760. The van der Waals surface area contributed by atoms with Gasteiger partial charge in [0.25, 0.3) is 5.91 Å². The number of hydrogen-bond acceptors (Lipinski definition) is 4. The van der Waals surface area contributed by atoms with Gasteiger partial charge in [-0.25, -0.2) is 4.79 Å². The Hall–Kier alpha value is -2.76. The van der Waals surface area contributed by atoms with Gasteiger partial charge in [-0.3, -0.25) is 4.79 Å². The third-order valence-corrected chi connectivity index (χ3v) is 3.80. The van der Waals surface area contributed by atoms with Gasteiger partial charge < -0.3 is 19.8 Å². The third kappa shape index (κ3) is 4.41. The fourth-order valence-corrected chi connectivity index (χ4v) is 2.61. The molecule has 1 amide bonds. The van der Waals surface area contributed by atoms with E-state index in [0.29, 0.717) is 29.1 Å². The molecule has 6 heteroatoms. The standard InChI is InChI=1S/C19H24N2O4/c1-11(2)25-15-8-6-14(7-9-15)10-20-18(22)17-12(3)16(13(4)21-17)19(23)24-5/h6-9,11,21H,10H2,1-5H3,(H,20,22). The topological polar surface area (TPSA) is 80.4 Å². The zero-order chi connectivity index (χ0) is 18.6. The van der Waals surface area contributed by atoms with Gasteiger partial charge >= 0.3 is 5.97 Å². The molecule has 134 valence electrons. The maximum Gasteiger partial charge on any atom is 0.339 e. The number of ether oxygens (including phenoxy) is 2. The Morgan fingerprint density at radius 1 is 1.16 bits per heavy atom. The molecule has 0 aliphatic heterocycles. The van der Waals surface area contributed by atoms with Crippen molar-refractivity contribution in [2.24, 2.45) is 0 Å². The van der Waals surface area contributed by atoms with E-state index in [9.17, 15) is 9.59 Å². The second kappa shape index (κ2) is 7.88. The first kappa shape index (κ1) is 18.6. The molecule has 2 aromatic rings. The molecule has 0 fully saturated rings. The highest BCUT2D eigenvalue weighted by Gasteiger charge is 2.22. The lowest BCUT2D eigenvalue weighted by Gasteiger charge is -2.10. The Morgan fingerprint density at radius 3 is 2.36 bits per heavy atom. The fourth-order valence-electron chi connectivity index (χ4n) is 2.61. The van der Waals surface area contributed by atoms with Crippen LogP contribution in [0.25, 0.3) is 0 Å². The molecule has 2 rings (SSSR count). The third-order valence-electron chi connectivity index (χ3n) is 3.80. The molecule has 25 heavy (non-hydrogen) atoms. The van der Waals surface area contributed by atoms with E-state index in [4.69, 9.17) is 9.47 Å². The molecule has 1 heterocycles. The molecule has 1 aromatic heterocycles. The molecule has 2 N–H and O–H groups in total. The van der Waals surface area contributed by atoms with E-state index in [0.717, 1.165) is 11.3 Å². The number of carbonyl (C=O) groups is 2. The summed E-state index contributed by atoms with van der Waals surface area (Å²) in [5.74, 6) is 0.0768. The van der Waals surface area contributed by atoms with Crippen LogP contribution < -0.4 is 10.1 Å². The molecular weight excluding hydrogens is 320 g/mol. The van der Waals surface area contributed by atoms with Crippen molar-refractivity contribution < 1.29 is 19.1 Å². The van der Waals surface area contributed by atoms with Crippen molar-refractivity contribution in [1.29, 1.82) is 0 Å². The number of rotatable bonds is 6. The number of amides is 1. The molecule has 0 unspecified atom stereocenters. The summed E-state index contributed by atoms with van der Waals surface area (Å²) in [5.41, 5.74) is 2.94. The minimum absolute atomic E-state index is 0.119. The molecule has 1 aromatic carbocycles. The molecule has 0 radical (unpaired) electrons. The van der Waals surface area contributed by atoms with Crippen LogP contribution in [-0.2, 0) is 11.3 Å². The van der Waals surface area contributed by atoms with E-state index in [2.05, 4.69) is 10.3 Å². The zero-order valence-electron chi connectivity index (χ0n) is 15.2. The number of carbonyl (C=O) groups excluding carboxylic acids is 2. The maximum absolute atomic E-state index is 12.4. The molecule has 0 spiro atoms. The highest BCUT2D eigenvalue weighted by atomic mass is 16.5. The first-order valence-corrected chi connectivity index (χ1v) is 8.14. The Balaban J connectivity index is 2.04. The van der Waals surface area contributed by atoms with Crippen molar-refractivity contribution in [3.8, 4) is 5.75 Å². The highest BCUT2D eigenvalue weighted by molar-refractivity contribution is 6.00. The average Bonchev–Trinajstić information content (AvgIpc) is 2.87. The molecular formula is C19H24N2O4. The van der Waals surface area contributed by atoms with Crippen molar-refractivity contribution in [2.45, 2.75) is 40.3 Å². The van der Waals surface area contributed by atoms with Crippen molar-refractivity contribution in [3.63, 3.8) is 0 Å². The molecule has 0 saturated carbocycles. The van der Waals surface area contributed by atoms with Gasteiger partial charge in [-0.1, -0.05) is 12.1 Å². The van der Waals surface area contributed by atoms with E-state index >= 15 is 0 Å². The Labute approximate surface area is 147 Å². The molecule has 0 aliphatic carbocycles. The number of H-pyrrole nitrogens is 1. The number of aromatic nitrogens is 1. The summed E-state index contributed by atoms with van der Waals surface area (Å²) in [6.07, 6.45) is 0.119. The Kier molecular flexibility index (Phi) is 5.85. The van der Waals surface area contributed by atoms with Crippen molar-refractivity contribution in [3.05, 3.63) is 52.3 Å². The minimum atomic E-state index is -0.453. The second-order valence-corrected chi connectivity index (χ2v) is 6.11. The maximum atomic E-state index is 12.4. The predicted molar refractivity (Wildman–Crippen MR) is 95.0 cm³/mol. The van der Waals surface area contributed by atoms with Crippen molar-refractivity contribution in [2.75, 3.05) is 7.11 Å². The quantitative estimate of drug-likeness (QED) is 0.789. The lowest BCUT2D eigenvalue weighted by Crippen LogP contribution is -2.24. The van der Waals surface area contributed by atoms with Gasteiger partial charge in [0.1, 0.15) is 11.4 Å². The van der Waals surface area contributed by atoms with Gasteiger partial charge in [-0.2, -0.15) is 0 Å². The molecule has 6 nitrogen and oxygen atoms in total. The number of hydrogen-bond donors (Lipinski definition) is 2. The first-order chi connectivity index (χ1) is 11.8. The molecule has 0 aliphatic rings. The first-order valence-electron chi connectivity index (χ1n) is 8.14. The van der Waals surface area contributed by atoms with Crippen LogP contribution in [0.3, 0.4) is 0 Å². The van der Waals surface area contributed by atoms with Gasteiger partial charge in [0.05, 0.1) is 18.8 Å². The molecule has 0 bridgehead atoms. The summed E-state index contributed by atoms with van der Waals surface area (Å²) in [7, 11) is 1.32. The lowest BCUT2D eigenvalue weighted by molar-refractivity contribution is 0.0599. The predicted octanol–water partition coefficient (Wildman–Crippen LogP) is 3.14. The average molecular weight is 344 g/mol. The number of esters is 1. The number of nitrogens with one attached hydrogen (secondary N) is 2. The number of benzene rings is 1. The second-order valence-electron chi connectivity index (χ2n) is 6.11. The van der Waals surface area contributed by atoms with E-state index < -0.39 is 5.97 Å². The molecule has 0 atom stereocenters. The lowest BCUT2D eigenvalue weighted by atomic mass is 10.1. The highest BCUT2D eigenvalue weighted by Crippen LogP contribution is 2.19. The summed E-state index contributed by atoms with van der Waals surface area (Å²) < 4.78 is 10.3. The smallest absolute Gasteiger partial charge is 0.339 e. The SMILES string of the molecule is COC(=O)c1c(C)[nH]c(C(=O)NCc2ccc(OC(C)C)cc2)c1C. The van der Waals surface area contributed by atoms with Crippen LogP contribution in [0.1, 0.15) is 51.5 Å². The van der Waals surface area contributed by atoms with Crippen LogP contribution in [0, 0.1) is 13.8 Å². The van der Waals surface area contributed by atoms with Crippen molar-refractivity contribution in [1.82, 2.24) is 10.3 Å². The normalized spacial score (nSPS) is 10.6. The van der Waals surface area contributed by atoms with E-state index in [1.54, 1.807) is 13.8 Å². The summed E-state index contributed by atoms with van der Waals surface area (Å²) in [4.78, 5) is 27.2. The van der Waals surface area contributed by atoms with Gasteiger partial charge in [0.2, 0.25) is 0 Å². The fraction of sp³-hybridized carbons (Fsp3) is 0.368. The van der Waals surface area contributed by atoms with Crippen LogP contribution >= 0.6 is 0 Å². The summed E-state index contributed by atoms with van der Waals surface area (Å²) >= 11 is 0. The van der Waals surface area contributed by atoms with Crippen molar-refractivity contribution >= 4 is 11.9 Å². The van der Waals surface area contributed by atoms with Crippen LogP contribution in [0.5, 0.6) is 5.75 Å². The Morgan fingerprint density at radius 2 is 1.80 bits per heavy atom.